The maximum Gasteiger partial charge on any atom is 0.272 e. The lowest BCUT2D eigenvalue weighted by molar-refractivity contribution is -0.114. The number of thioether (sulfide) groups is 1. The summed E-state index contributed by atoms with van der Waals surface area (Å²) in [4.78, 5) is 51.2. The minimum Gasteiger partial charge on any atom is -0.497 e. The van der Waals surface area contributed by atoms with E-state index in [1.807, 2.05) is 0 Å². The zero-order chi connectivity index (χ0) is 31.5. The molecule has 0 spiro atoms. The monoisotopic (exact) mass is 610 g/mol. The zero-order valence-corrected chi connectivity index (χ0v) is 24.8. The normalized spacial score (nSPS) is 10.8. The first-order valence-electron chi connectivity index (χ1n) is 13.3. The molecular weight excluding hydrogens is 580 g/mol. The van der Waals surface area contributed by atoms with Crippen molar-refractivity contribution in [1.82, 2.24) is 5.32 Å². The van der Waals surface area contributed by atoms with Crippen molar-refractivity contribution in [1.29, 1.82) is 0 Å². The Balaban J connectivity index is 1.46. The van der Waals surface area contributed by atoms with Gasteiger partial charge in [0.2, 0.25) is 5.91 Å². The van der Waals surface area contributed by atoms with E-state index >= 15 is 0 Å². The Hall–Kier alpha value is -5.55. The molecule has 0 aliphatic carbocycles. The van der Waals surface area contributed by atoms with E-state index in [4.69, 9.17) is 15.2 Å². The fraction of sp³-hybridized carbons (Fsp3) is 0.0909. The van der Waals surface area contributed by atoms with Gasteiger partial charge in [-0.3, -0.25) is 19.2 Å². The quantitative estimate of drug-likeness (QED) is 0.131. The molecule has 0 aliphatic rings. The van der Waals surface area contributed by atoms with Crippen LogP contribution in [0.2, 0.25) is 0 Å². The molecule has 4 aromatic carbocycles. The lowest BCUT2D eigenvalue weighted by atomic mass is 10.1. The van der Waals surface area contributed by atoms with Crippen LogP contribution in [0.3, 0.4) is 0 Å². The van der Waals surface area contributed by atoms with E-state index in [9.17, 15) is 19.2 Å². The van der Waals surface area contributed by atoms with Crippen LogP contribution in [0.5, 0.6) is 11.5 Å². The standard InChI is InChI=1S/C33H30N4O6S/c1-42-24-15-12-22(29(19-24)43-2)18-28(37-32(40)21-8-4-3-5-9-21)33(41)35-23-13-16-25(17-14-23)44-20-30(38)36-27-11-7-6-10-26(27)31(34)39/h3-19H,20H2,1-2H3,(H2,34,39)(H,35,41)(H,36,38)(H,37,40)/b28-18-. The fourth-order valence-corrected chi connectivity index (χ4v) is 4.71. The fourth-order valence-electron chi connectivity index (χ4n) is 4.01. The van der Waals surface area contributed by atoms with E-state index in [2.05, 4.69) is 16.0 Å². The summed E-state index contributed by atoms with van der Waals surface area (Å²) < 4.78 is 10.7. The minimum atomic E-state index is -0.632. The van der Waals surface area contributed by atoms with Crippen molar-refractivity contribution in [2.45, 2.75) is 4.90 Å². The number of amides is 4. The maximum atomic E-state index is 13.4. The van der Waals surface area contributed by atoms with Gasteiger partial charge in [-0.2, -0.15) is 0 Å². The van der Waals surface area contributed by atoms with Crippen molar-refractivity contribution >= 4 is 52.8 Å². The van der Waals surface area contributed by atoms with Gasteiger partial charge in [-0.1, -0.05) is 30.3 Å². The van der Waals surface area contributed by atoms with Crippen LogP contribution in [0.15, 0.2) is 108 Å². The number of anilines is 2. The molecule has 0 fully saturated rings. The van der Waals surface area contributed by atoms with Crippen molar-refractivity contribution < 1.29 is 28.7 Å². The molecule has 0 radical (unpaired) electrons. The highest BCUT2D eigenvalue weighted by atomic mass is 32.2. The molecule has 0 heterocycles. The number of primary amides is 1. The van der Waals surface area contributed by atoms with E-state index in [1.165, 1.54) is 32.1 Å². The molecule has 4 rings (SSSR count). The number of para-hydroxylation sites is 1. The Labute approximate surface area is 258 Å². The topological polar surface area (TPSA) is 149 Å². The Bertz CT molecular complexity index is 1690. The number of carbonyl (C=O) groups excluding carboxylic acids is 4. The second-order valence-electron chi connectivity index (χ2n) is 9.21. The van der Waals surface area contributed by atoms with Gasteiger partial charge < -0.3 is 31.2 Å². The van der Waals surface area contributed by atoms with Crippen molar-refractivity contribution in [3.63, 3.8) is 0 Å². The van der Waals surface area contributed by atoms with Gasteiger partial charge in [-0.05, 0) is 66.7 Å². The molecule has 44 heavy (non-hydrogen) atoms. The van der Waals surface area contributed by atoms with Crippen LogP contribution in [-0.4, -0.2) is 43.6 Å². The molecule has 5 N–H and O–H groups in total. The summed E-state index contributed by atoms with van der Waals surface area (Å²) in [5.41, 5.74) is 7.35. The lowest BCUT2D eigenvalue weighted by Gasteiger charge is -2.13. The molecule has 0 aromatic heterocycles. The first-order valence-corrected chi connectivity index (χ1v) is 14.3. The summed E-state index contributed by atoms with van der Waals surface area (Å²) in [6.07, 6.45) is 1.52. The van der Waals surface area contributed by atoms with Crippen LogP contribution in [0.4, 0.5) is 11.4 Å². The number of carbonyl (C=O) groups is 4. The largest absolute Gasteiger partial charge is 0.497 e. The molecule has 4 amide bonds. The molecule has 0 unspecified atom stereocenters. The highest BCUT2D eigenvalue weighted by molar-refractivity contribution is 8.00. The number of methoxy groups -OCH3 is 2. The maximum absolute atomic E-state index is 13.4. The molecule has 4 aromatic rings. The van der Waals surface area contributed by atoms with Gasteiger partial charge >= 0.3 is 0 Å². The number of benzene rings is 4. The average Bonchev–Trinajstić information content (AvgIpc) is 3.04. The third kappa shape index (κ3) is 8.49. The van der Waals surface area contributed by atoms with E-state index < -0.39 is 17.7 Å². The number of ether oxygens (including phenoxy) is 2. The summed E-state index contributed by atoms with van der Waals surface area (Å²) in [5.74, 6) is -0.841. The Kier molecular flexibility index (Phi) is 10.8. The molecular formula is C33H30N4O6S. The highest BCUT2D eigenvalue weighted by Crippen LogP contribution is 2.27. The van der Waals surface area contributed by atoms with E-state index in [-0.39, 0.29) is 22.9 Å². The number of nitrogens with two attached hydrogens (primary N) is 1. The molecule has 0 atom stereocenters. The van der Waals surface area contributed by atoms with Gasteiger partial charge in [0.15, 0.2) is 0 Å². The summed E-state index contributed by atoms with van der Waals surface area (Å²) >= 11 is 1.28. The van der Waals surface area contributed by atoms with Crippen molar-refractivity contribution in [3.05, 3.63) is 119 Å². The van der Waals surface area contributed by atoms with Crippen LogP contribution >= 0.6 is 11.8 Å². The summed E-state index contributed by atoms with van der Waals surface area (Å²) in [6.45, 7) is 0. The molecule has 11 heteroatoms. The van der Waals surface area contributed by atoms with Crippen LogP contribution in [0, 0.1) is 0 Å². The average molecular weight is 611 g/mol. The van der Waals surface area contributed by atoms with Crippen molar-refractivity contribution in [2.24, 2.45) is 5.73 Å². The van der Waals surface area contributed by atoms with Crippen LogP contribution in [0.25, 0.3) is 6.08 Å². The van der Waals surface area contributed by atoms with Crippen molar-refractivity contribution in [2.75, 3.05) is 30.6 Å². The van der Waals surface area contributed by atoms with Gasteiger partial charge in [-0.15, -0.1) is 11.8 Å². The van der Waals surface area contributed by atoms with Gasteiger partial charge in [0.25, 0.3) is 17.7 Å². The van der Waals surface area contributed by atoms with Crippen LogP contribution in [0.1, 0.15) is 26.3 Å². The second-order valence-corrected chi connectivity index (χ2v) is 10.3. The number of hydrogen-bond donors (Lipinski definition) is 4. The predicted octanol–water partition coefficient (Wildman–Crippen LogP) is 4.94. The Morgan fingerprint density at radius 1 is 0.818 bits per heavy atom. The third-order valence-electron chi connectivity index (χ3n) is 6.22. The first kappa shape index (κ1) is 31.4. The summed E-state index contributed by atoms with van der Waals surface area (Å²) in [6, 6.07) is 27.0. The van der Waals surface area contributed by atoms with E-state index in [1.54, 1.807) is 97.1 Å². The van der Waals surface area contributed by atoms with Crippen LogP contribution in [-0.2, 0) is 9.59 Å². The van der Waals surface area contributed by atoms with Gasteiger partial charge in [0, 0.05) is 27.8 Å². The van der Waals surface area contributed by atoms with E-state index in [0.717, 1.165) is 4.90 Å². The van der Waals surface area contributed by atoms with Gasteiger partial charge in [-0.25, -0.2) is 0 Å². The number of nitrogens with one attached hydrogen (secondary N) is 3. The Morgan fingerprint density at radius 3 is 2.20 bits per heavy atom. The number of hydrogen-bond acceptors (Lipinski definition) is 7. The molecule has 0 saturated carbocycles. The molecule has 0 bridgehead atoms. The zero-order valence-electron chi connectivity index (χ0n) is 24.0. The summed E-state index contributed by atoms with van der Waals surface area (Å²) in [5, 5.41) is 8.20. The molecule has 10 nitrogen and oxygen atoms in total. The van der Waals surface area contributed by atoms with Crippen molar-refractivity contribution in [3.8, 4) is 11.5 Å². The Morgan fingerprint density at radius 2 is 1.52 bits per heavy atom. The second kappa shape index (κ2) is 15.1. The number of rotatable bonds is 12. The van der Waals surface area contributed by atoms with Gasteiger partial charge in [0.05, 0.1) is 31.2 Å². The molecule has 0 saturated heterocycles. The first-order chi connectivity index (χ1) is 21.3. The lowest BCUT2D eigenvalue weighted by Crippen LogP contribution is -2.30. The van der Waals surface area contributed by atoms with E-state index in [0.29, 0.717) is 34.0 Å². The SMILES string of the molecule is COc1ccc(/C=C(\NC(=O)c2ccccc2)C(=O)Nc2ccc(SCC(=O)Nc3ccccc3C(N)=O)cc2)c(OC)c1. The molecule has 0 aliphatic heterocycles. The van der Waals surface area contributed by atoms with Gasteiger partial charge in [0.1, 0.15) is 17.2 Å². The highest BCUT2D eigenvalue weighted by Gasteiger charge is 2.17. The predicted molar refractivity (Wildman–Crippen MR) is 171 cm³/mol. The summed E-state index contributed by atoms with van der Waals surface area (Å²) in [7, 11) is 3.03. The smallest absolute Gasteiger partial charge is 0.272 e. The van der Waals surface area contributed by atoms with Crippen LogP contribution < -0.4 is 31.2 Å². The third-order valence-corrected chi connectivity index (χ3v) is 7.23. The minimum absolute atomic E-state index is 0.00585. The molecule has 224 valence electrons.